The molecule has 0 aromatic rings. The number of amides is 1. The van der Waals surface area contributed by atoms with E-state index < -0.39 is 12.2 Å². The van der Waals surface area contributed by atoms with Crippen molar-refractivity contribution in [3.8, 4) is 0 Å². The zero-order valence-corrected chi connectivity index (χ0v) is 12.4. The van der Waals surface area contributed by atoms with Gasteiger partial charge < -0.3 is 4.74 Å². The summed E-state index contributed by atoms with van der Waals surface area (Å²) in [7, 11) is 1.38. The van der Waals surface area contributed by atoms with Crippen molar-refractivity contribution in [3.05, 3.63) is 35.4 Å². The predicted molar refractivity (Wildman–Crippen MR) is 75.4 cm³/mol. The van der Waals surface area contributed by atoms with Gasteiger partial charge >= 0.3 is 6.18 Å². The van der Waals surface area contributed by atoms with E-state index in [9.17, 15) is 18.0 Å². The van der Waals surface area contributed by atoms with Crippen LogP contribution in [0.2, 0.25) is 0 Å². The average Bonchev–Trinajstić information content (AvgIpc) is 2.92. The summed E-state index contributed by atoms with van der Waals surface area (Å²) in [4.78, 5) is 11.4. The molecule has 9 heteroatoms. The fourth-order valence-electron chi connectivity index (χ4n) is 2.71. The first kappa shape index (κ1) is 15.6. The molecule has 0 spiro atoms. The molecule has 3 aliphatic heterocycles. The molecule has 3 aliphatic rings. The number of hydrogen-bond donors (Lipinski definition) is 2. The number of hydrogen-bond acceptors (Lipinski definition) is 5. The van der Waals surface area contributed by atoms with Crippen molar-refractivity contribution >= 4 is 11.6 Å². The maximum Gasteiger partial charge on any atom is 0.409 e. The van der Waals surface area contributed by atoms with Gasteiger partial charge in [0.25, 0.3) is 0 Å². The number of carbonyl (C=O) groups is 1. The number of nitrogens with zero attached hydrogens (tertiary/aromatic N) is 2. The molecule has 6 nitrogen and oxygen atoms in total. The quantitative estimate of drug-likeness (QED) is 0.807. The highest BCUT2D eigenvalue weighted by Gasteiger charge is 2.46. The summed E-state index contributed by atoms with van der Waals surface area (Å²) in [5.74, 6) is -0.158. The summed E-state index contributed by atoms with van der Waals surface area (Å²) in [6.45, 7) is 1.81. The molecule has 3 rings (SSSR count). The highest BCUT2D eigenvalue weighted by molar-refractivity contribution is 6.08. The van der Waals surface area contributed by atoms with Crippen molar-refractivity contribution in [2.24, 2.45) is 11.0 Å². The van der Waals surface area contributed by atoms with Crippen molar-refractivity contribution < 1.29 is 22.7 Å². The summed E-state index contributed by atoms with van der Waals surface area (Å²) in [5.41, 5.74) is 6.12. The Morgan fingerprint density at radius 3 is 2.74 bits per heavy atom. The van der Waals surface area contributed by atoms with Gasteiger partial charge in [-0.15, -0.1) is 0 Å². The van der Waals surface area contributed by atoms with Crippen molar-refractivity contribution in [2.45, 2.75) is 25.6 Å². The number of allylic oxidation sites excluding steroid dienone is 3. The molecule has 0 aliphatic carbocycles. The van der Waals surface area contributed by atoms with Crippen LogP contribution in [0.5, 0.6) is 0 Å². The molecule has 0 fully saturated rings. The van der Waals surface area contributed by atoms with Crippen LogP contribution in [0.15, 0.2) is 40.5 Å². The fourth-order valence-corrected chi connectivity index (χ4v) is 2.71. The second-order valence-corrected chi connectivity index (χ2v) is 5.46. The van der Waals surface area contributed by atoms with Gasteiger partial charge in [-0.1, -0.05) is 6.92 Å². The number of halogens is 3. The second kappa shape index (κ2) is 5.41. The van der Waals surface area contributed by atoms with Gasteiger partial charge in [0.2, 0.25) is 11.8 Å². The van der Waals surface area contributed by atoms with Crippen LogP contribution >= 0.6 is 0 Å². The van der Waals surface area contributed by atoms with E-state index in [2.05, 4.69) is 16.0 Å². The SMILES string of the molecule is COC1=CC=C(C2=NNC(=O)CC2C)C2=CC(C(F)(F)F)NN12. The summed E-state index contributed by atoms with van der Waals surface area (Å²) < 4.78 is 44.2. The Hall–Kier alpha value is -2.29. The molecule has 2 unspecified atom stereocenters. The lowest BCUT2D eigenvalue weighted by molar-refractivity contribution is -0.149. The van der Waals surface area contributed by atoms with Crippen molar-refractivity contribution in [2.75, 3.05) is 7.11 Å². The fraction of sp³-hybridized carbons (Fsp3) is 0.429. The van der Waals surface area contributed by atoms with Crippen LogP contribution < -0.4 is 10.9 Å². The molecule has 0 saturated carbocycles. The topological polar surface area (TPSA) is 66.0 Å². The Balaban J connectivity index is 2.01. The second-order valence-electron chi connectivity index (χ2n) is 5.46. The van der Waals surface area contributed by atoms with E-state index in [1.54, 1.807) is 12.2 Å². The van der Waals surface area contributed by atoms with Crippen LogP contribution in [0.3, 0.4) is 0 Å². The lowest BCUT2D eigenvalue weighted by Crippen LogP contribution is -2.45. The van der Waals surface area contributed by atoms with Crippen LogP contribution in [0.1, 0.15) is 13.3 Å². The summed E-state index contributed by atoms with van der Waals surface area (Å²) in [6.07, 6.45) is 0.102. The van der Waals surface area contributed by atoms with E-state index in [-0.39, 0.29) is 24.1 Å². The molecule has 124 valence electrons. The lowest BCUT2D eigenvalue weighted by Gasteiger charge is -2.31. The first-order valence-corrected chi connectivity index (χ1v) is 6.99. The maximum absolute atomic E-state index is 13.0. The number of ether oxygens (including phenoxy) is 1. The van der Waals surface area contributed by atoms with E-state index in [0.717, 1.165) is 6.08 Å². The molecule has 0 bridgehead atoms. The number of nitrogens with one attached hydrogen (secondary N) is 2. The van der Waals surface area contributed by atoms with Gasteiger partial charge in [0.1, 0.15) is 6.04 Å². The van der Waals surface area contributed by atoms with E-state index in [0.29, 0.717) is 17.0 Å². The summed E-state index contributed by atoms with van der Waals surface area (Å²) in [5, 5.41) is 5.27. The molecule has 0 saturated heterocycles. The van der Waals surface area contributed by atoms with Crippen LogP contribution in [0.4, 0.5) is 13.2 Å². The minimum atomic E-state index is -4.43. The van der Waals surface area contributed by atoms with Gasteiger partial charge in [-0.3, -0.25) is 4.79 Å². The monoisotopic (exact) mass is 328 g/mol. The van der Waals surface area contributed by atoms with Crippen LogP contribution in [-0.4, -0.2) is 36.0 Å². The first-order chi connectivity index (χ1) is 10.8. The third kappa shape index (κ3) is 2.72. The van der Waals surface area contributed by atoms with Crippen LogP contribution in [0, 0.1) is 5.92 Å². The number of carbonyl (C=O) groups excluding carboxylic acids is 1. The molecule has 1 amide bonds. The van der Waals surface area contributed by atoms with Gasteiger partial charge in [-0.25, -0.2) is 15.9 Å². The molecule has 2 atom stereocenters. The first-order valence-electron chi connectivity index (χ1n) is 6.99. The molecule has 0 radical (unpaired) electrons. The number of rotatable bonds is 2. The minimum Gasteiger partial charge on any atom is -0.481 e. The predicted octanol–water partition coefficient (Wildman–Crippen LogP) is 1.56. The summed E-state index contributed by atoms with van der Waals surface area (Å²) in [6, 6.07) is -1.81. The summed E-state index contributed by atoms with van der Waals surface area (Å²) >= 11 is 0. The Bertz CT molecular complexity index is 663. The molecular formula is C14H15F3N4O2. The van der Waals surface area contributed by atoms with E-state index in [4.69, 9.17) is 4.74 Å². The van der Waals surface area contributed by atoms with Crippen LogP contribution in [0.25, 0.3) is 0 Å². The van der Waals surface area contributed by atoms with Gasteiger partial charge in [-0.2, -0.15) is 18.3 Å². The number of hydrazine groups is 1. The highest BCUT2D eigenvalue weighted by Crippen LogP contribution is 2.36. The highest BCUT2D eigenvalue weighted by atomic mass is 19.4. The molecular weight excluding hydrogens is 313 g/mol. The third-order valence-corrected chi connectivity index (χ3v) is 3.82. The molecule has 2 N–H and O–H groups in total. The smallest absolute Gasteiger partial charge is 0.409 e. The zero-order chi connectivity index (χ0) is 16.8. The number of alkyl halides is 3. The van der Waals surface area contributed by atoms with E-state index >= 15 is 0 Å². The van der Waals surface area contributed by atoms with Gasteiger partial charge in [0, 0.05) is 24.0 Å². The van der Waals surface area contributed by atoms with Gasteiger partial charge in [0.15, 0.2) is 0 Å². The third-order valence-electron chi connectivity index (χ3n) is 3.82. The lowest BCUT2D eigenvalue weighted by atomic mass is 9.90. The Morgan fingerprint density at radius 1 is 1.39 bits per heavy atom. The van der Waals surface area contributed by atoms with Crippen LogP contribution in [-0.2, 0) is 9.53 Å². The zero-order valence-electron chi connectivity index (χ0n) is 12.4. The average molecular weight is 328 g/mol. The normalized spacial score (nSPS) is 27.5. The molecule has 3 heterocycles. The molecule has 0 aromatic heterocycles. The van der Waals surface area contributed by atoms with Gasteiger partial charge in [-0.05, 0) is 12.2 Å². The standard InChI is InChI=1S/C14H15F3N4O2/c1-7-5-11(22)18-19-13(7)8-3-4-12(23-2)21-9(8)6-10(20-21)14(15,16)17/h3-4,6-7,10,20H,5H2,1-2H3,(H,18,22). The van der Waals surface area contributed by atoms with Crippen molar-refractivity contribution in [1.82, 2.24) is 15.9 Å². The minimum absolute atomic E-state index is 0.194. The Kier molecular flexibility index (Phi) is 3.67. The Morgan fingerprint density at radius 2 is 2.13 bits per heavy atom. The van der Waals surface area contributed by atoms with E-state index in [1.165, 1.54) is 12.1 Å². The number of methoxy groups -OCH3 is 1. The maximum atomic E-state index is 13.0. The molecule has 23 heavy (non-hydrogen) atoms. The van der Waals surface area contributed by atoms with Crippen molar-refractivity contribution in [3.63, 3.8) is 0 Å². The van der Waals surface area contributed by atoms with Crippen molar-refractivity contribution in [1.29, 1.82) is 0 Å². The number of fused-ring (bicyclic) bond motifs is 1. The van der Waals surface area contributed by atoms with Gasteiger partial charge in [0.05, 0.1) is 18.5 Å². The molecule has 0 aromatic carbocycles. The number of hydrazone groups is 1. The van der Waals surface area contributed by atoms with E-state index in [1.807, 2.05) is 6.92 Å². The Labute approximate surface area is 130 Å². The largest absolute Gasteiger partial charge is 0.481 e.